The molecule has 2 rings (SSSR count). The quantitative estimate of drug-likeness (QED) is 0.890. The van der Waals surface area contributed by atoms with Crippen LogP contribution in [0.2, 0.25) is 0 Å². The van der Waals surface area contributed by atoms with Gasteiger partial charge in [-0.15, -0.1) is 0 Å². The molecule has 0 aliphatic heterocycles. The second-order valence-corrected chi connectivity index (χ2v) is 5.99. The van der Waals surface area contributed by atoms with Crippen molar-refractivity contribution in [1.82, 2.24) is 20.0 Å². The Balaban J connectivity index is 1.77. The summed E-state index contributed by atoms with van der Waals surface area (Å²) in [4.78, 5) is 14.1. The topological polar surface area (TPSA) is 50.2 Å². The van der Waals surface area contributed by atoms with E-state index in [1.807, 2.05) is 36.8 Å². The van der Waals surface area contributed by atoms with E-state index in [0.29, 0.717) is 12.6 Å². The number of carbonyl (C=O) groups is 1. The van der Waals surface area contributed by atoms with Crippen LogP contribution in [0.15, 0.2) is 6.20 Å². The lowest BCUT2D eigenvalue weighted by Crippen LogP contribution is -2.41. The molecule has 0 atom stereocenters. The van der Waals surface area contributed by atoms with Crippen molar-refractivity contribution in [3.8, 4) is 0 Å². The van der Waals surface area contributed by atoms with E-state index in [1.165, 1.54) is 24.8 Å². The van der Waals surface area contributed by atoms with Crippen molar-refractivity contribution in [2.75, 3.05) is 13.6 Å². The third-order valence-corrected chi connectivity index (χ3v) is 3.94. The van der Waals surface area contributed by atoms with Crippen LogP contribution in [0.3, 0.4) is 0 Å². The van der Waals surface area contributed by atoms with Gasteiger partial charge in [0.05, 0.1) is 12.2 Å². The van der Waals surface area contributed by atoms with Crippen molar-refractivity contribution < 1.29 is 4.79 Å². The fourth-order valence-electron chi connectivity index (χ4n) is 2.92. The van der Waals surface area contributed by atoms with Crippen LogP contribution in [0.4, 0.5) is 0 Å². The number of nitrogens with one attached hydrogen (secondary N) is 1. The number of hydrogen-bond donors (Lipinski definition) is 1. The minimum atomic E-state index is 0.140. The molecule has 0 aromatic carbocycles. The first-order valence-electron chi connectivity index (χ1n) is 7.51. The van der Waals surface area contributed by atoms with E-state index in [9.17, 15) is 4.79 Å². The molecule has 0 saturated heterocycles. The first kappa shape index (κ1) is 15.0. The number of carbonyl (C=O) groups excluding carboxylic acids is 1. The van der Waals surface area contributed by atoms with Crippen LogP contribution < -0.4 is 5.32 Å². The van der Waals surface area contributed by atoms with Gasteiger partial charge in [0, 0.05) is 31.4 Å². The van der Waals surface area contributed by atoms with Crippen molar-refractivity contribution in [2.24, 2.45) is 7.05 Å². The van der Waals surface area contributed by atoms with Crippen LogP contribution in [-0.4, -0.2) is 40.2 Å². The lowest BCUT2D eigenvalue weighted by Gasteiger charge is -2.24. The highest BCUT2D eigenvalue weighted by atomic mass is 16.2. The Morgan fingerprint density at radius 2 is 2.15 bits per heavy atom. The molecule has 5 nitrogen and oxygen atoms in total. The smallest absolute Gasteiger partial charge is 0.234 e. The summed E-state index contributed by atoms with van der Waals surface area (Å²) in [5.74, 6) is 0.140. The van der Waals surface area contributed by atoms with Crippen molar-refractivity contribution >= 4 is 5.91 Å². The highest BCUT2D eigenvalue weighted by molar-refractivity contribution is 5.78. The van der Waals surface area contributed by atoms with E-state index in [4.69, 9.17) is 0 Å². The summed E-state index contributed by atoms with van der Waals surface area (Å²) < 4.78 is 1.82. The zero-order valence-corrected chi connectivity index (χ0v) is 12.9. The third-order valence-electron chi connectivity index (χ3n) is 3.94. The molecule has 1 amide bonds. The van der Waals surface area contributed by atoms with Crippen LogP contribution in [0.1, 0.15) is 43.4 Å². The Morgan fingerprint density at radius 1 is 1.45 bits per heavy atom. The largest absolute Gasteiger partial charge is 0.352 e. The standard InChI is InChI=1S/C15H26N4O/c1-12-13(10-19(3)17-12)9-18(2)11-15(20)16-14-7-5-4-6-8-14/h10,14H,4-9,11H2,1-3H3,(H,16,20). The number of aryl methyl sites for hydroxylation is 2. The third kappa shape index (κ3) is 4.34. The molecule has 1 aromatic rings. The lowest BCUT2D eigenvalue weighted by atomic mass is 9.95. The van der Waals surface area contributed by atoms with Crippen LogP contribution in [0.25, 0.3) is 0 Å². The van der Waals surface area contributed by atoms with Gasteiger partial charge in [0.1, 0.15) is 0 Å². The molecule has 0 spiro atoms. The second-order valence-electron chi connectivity index (χ2n) is 5.99. The number of nitrogens with zero attached hydrogens (tertiary/aromatic N) is 3. The Kier molecular flexibility index (Phi) is 5.17. The SMILES string of the molecule is Cc1nn(C)cc1CN(C)CC(=O)NC1CCCCC1. The molecule has 1 saturated carbocycles. The summed E-state index contributed by atoms with van der Waals surface area (Å²) in [5.41, 5.74) is 2.22. The lowest BCUT2D eigenvalue weighted by molar-refractivity contribution is -0.123. The summed E-state index contributed by atoms with van der Waals surface area (Å²) in [6.45, 7) is 3.22. The normalized spacial score (nSPS) is 16.6. The van der Waals surface area contributed by atoms with E-state index >= 15 is 0 Å². The van der Waals surface area contributed by atoms with Gasteiger partial charge < -0.3 is 5.32 Å². The number of likely N-dealkylation sites (N-methyl/N-ethyl adjacent to an activating group) is 1. The molecule has 1 aliphatic carbocycles. The van der Waals surface area contributed by atoms with Gasteiger partial charge in [-0.3, -0.25) is 14.4 Å². The molecule has 1 fully saturated rings. The monoisotopic (exact) mass is 278 g/mol. The summed E-state index contributed by atoms with van der Waals surface area (Å²) in [7, 11) is 3.90. The van der Waals surface area contributed by atoms with Crippen molar-refractivity contribution in [2.45, 2.75) is 51.6 Å². The fraction of sp³-hybridized carbons (Fsp3) is 0.733. The van der Waals surface area contributed by atoms with E-state index in [-0.39, 0.29) is 5.91 Å². The second kappa shape index (κ2) is 6.88. The van der Waals surface area contributed by atoms with Crippen LogP contribution >= 0.6 is 0 Å². The average Bonchev–Trinajstić information content (AvgIpc) is 2.68. The molecular weight excluding hydrogens is 252 g/mol. The Morgan fingerprint density at radius 3 is 2.75 bits per heavy atom. The highest BCUT2D eigenvalue weighted by Gasteiger charge is 2.17. The minimum Gasteiger partial charge on any atom is -0.352 e. The maximum absolute atomic E-state index is 12.0. The maximum Gasteiger partial charge on any atom is 0.234 e. The van der Waals surface area contributed by atoms with Gasteiger partial charge in [-0.25, -0.2) is 0 Å². The van der Waals surface area contributed by atoms with Gasteiger partial charge >= 0.3 is 0 Å². The molecule has 20 heavy (non-hydrogen) atoms. The van der Waals surface area contributed by atoms with Crippen LogP contribution in [0, 0.1) is 6.92 Å². The molecule has 0 radical (unpaired) electrons. The predicted molar refractivity (Wildman–Crippen MR) is 79.3 cm³/mol. The van der Waals surface area contributed by atoms with Crippen LogP contribution in [-0.2, 0) is 18.4 Å². The average molecular weight is 278 g/mol. The molecule has 1 aromatic heterocycles. The molecule has 0 bridgehead atoms. The summed E-state index contributed by atoms with van der Waals surface area (Å²) in [6.07, 6.45) is 8.09. The predicted octanol–water partition coefficient (Wildman–Crippen LogP) is 1.61. The molecule has 1 aliphatic rings. The van der Waals surface area contributed by atoms with E-state index < -0.39 is 0 Å². The van der Waals surface area contributed by atoms with Gasteiger partial charge in [0.25, 0.3) is 0 Å². The van der Waals surface area contributed by atoms with E-state index in [0.717, 1.165) is 25.1 Å². The molecule has 112 valence electrons. The summed E-state index contributed by atoms with van der Waals surface area (Å²) >= 11 is 0. The molecule has 0 unspecified atom stereocenters. The fourth-order valence-corrected chi connectivity index (χ4v) is 2.92. The number of hydrogen-bond acceptors (Lipinski definition) is 3. The first-order chi connectivity index (χ1) is 9.54. The summed E-state index contributed by atoms with van der Waals surface area (Å²) in [6, 6.07) is 0.393. The van der Waals surface area contributed by atoms with Crippen molar-refractivity contribution in [1.29, 1.82) is 0 Å². The molecule has 5 heteroatoms. The van der Waals surface area contributed by atoms with Gasteiger partial charge in [0.2, 0.25) is 5.91 Å². The number of amides is 1. The first-order valence-corrected chi connectivity index (χ1v) is 7.51. The Labute approximate surface area is 121 Å². The van der Waals surface area contributed by atoms with Gasteiger partial charge in [-0.1, -0.05) is 19.3 Å². The van der Waals surface area contributed by atoms with Crippen molar-refractivity contribution in [3.63, 3.8) is 0 Å². The molecule has 1 heterocycles. The number of rotatable bonds is 5. The zero-order chi connectivity index (χ0) is 14.5. The molecule has 1 N–H and O–H groups in total. The highest BCUT2D eigenvalue weighted by Crippen LogP contribution is 2.17. The van der Waals surface area contributed by atoms with Gasteiger partial charge in [-0.2, -0.15) is 5.10 Å². The minimum absolute atomic E-state index is 0.140. The zero-order valence-electron chi connectivity index (χ0n) is 12.9. The van der Waals surface area contributed by atoms with Gasteiger partial charge in [0.15, 0.2) is 0 Å². The van der Waals surface area contributed by atoms with E-state index in [2.05, 4.69) is 10.4 Å². The van der Waals surface area contributed by atoms with Crippen molar-refractivity contribution in [3.05, 3.63) is 17.5 Å². The maximum atomic E-state index is 12.0. The van der Waals surface area contributed by atoms with E-state index in [1.54, 1.807) is 0 Å². The molecular formula is C15H26N4O. The van der Waals surface area contributed by atoms with Crippen LogP contribution in [0.5, 0.6) is 0 Å². The Hall–Kier alpha value is -1.36. The van der Waals surface area contributed by atoms with Gasteiger partial charge in [-0.05, 0) is 26.8 Å². The Bertz CT molecular complexity index is 449. The number of aromatic nitrogens is 2. The summed E-state index contributed by atoms with van der Waals surface area (Å²) in [5, 5.41) is 7.48.